The lowest BCUT2D eigenvalue weighted by Crippen LogP contribution is -2.35. The van der Waals surface area contributed by atoms with Crippen LogP contribution < -0.4 is 10.2 Å². The van der Waals surface area contributed by atoms with Gasteiger partial charge in [0.1, 0.15) is 0 Å². The minimum absolute atomic E-state index is 0.110. The van der Waals surface area contributed by atoms with Gasteiger partial charge in [-0.1, -0.05) is 42.5 Å². The van der Waals surface area contributed by atoms with Crippen molar-refractivity contribution >= 4 is 23.3 Å². The number of urea groups is 1. The van der Waals surface area contributed by atoms with E-state index in [1.165, 1.54) is 0 Å². The van der Waals surface area contributed by atoms with E-state index in [9.17, 15) is 9.59 Å². The normalized spacial score (nSPS) is 13.8. The summed E-state index contributed by atoms with van der Waals surface area (Å²) in [5, 5.41) is 2.97. The Hall–Kier alpha value is -2.82. The second-order valence-corrected chi connectivity index (χ2v) is 6.10. The van der Waals surface area contributed by atoms with Gasteiger partial charge in [-0.2, -0.15) is 0 Å². The molecule has 1 fully saturated rings. The summed E-state index contributed by atoms with van der Waals surface area (Å²) >= 11 is 0. The Bertz CT molecular complexity index is 746. The average molecular weight is 337 g/mol. The summed E-state index contributed by atoms with van der Waals surface area (Å²) in [5.41, 5.74) is 2.53. The second kappa shape index (κ2) is 7.83. The molecular weight excluding hydrogens is 314 g/mol. The standard InChI is InChI=1S/C20H23N3O2/c1-2-22(15-16-9-4-3-5-10-16)20(25)21-17-11-6-7-12-18(17)23-14-8-13-19(23)24/h3-7,9-12H,2,8,13-15H2,1H3,(H,21,25). The van der Waals surface area contributed by atoms with Crippen LogP contribution in [-0.4, -0.2) is 29.9 Å². The summed E-state index contributed by atoms with van der Waals surface area (Å²) in [6.07, 6.45) is 1.42. The molecule has 0 unspecified atom stereocenters. The highest BCUT2D eigenvalue weighted by Crippen LogP contribution is 2.29. The lowest BCUT2D eigenvalue weighted by molar-refractivity contribution is -0.117. The van der Waals surface area contributed by atoms with Crippen LogP contribution in [-0.2, 0) is 11.3 Å². The molecule has 0 bridgehead atoms. The Labute approximate surface area is 148 Å². The van der Waals surface area contributed by atoms with E-state index in [1.807, 2.05) is 61.5 Å². The summed E-state index contributed by atoms with van der Waals surface area (Å²) in [5.74, 6) is 0.110. The fourth-order valence-electron chi connectivity index (χ4n) is 3.04. The summed E-state index contributed by atoms with van der Waals surface area (Å²) in [7, 11) is 0. The molecule has 5 nitrogen and oxygen atoms in total. The second-order valence-electron chi connectivity index (χ2n) is 6.10. The van der Waals surface area contributed by atoms with Crippen molar-refractivity contribution in [2.45, 2.75) is 26.3 Å². The molecule has 3 amide bonds. The van der Waals surface area contributed by atoms with Crippen molar-refractivity contribution in [3.05, 3.63) is 60.2 Å². The molecule has 1 saturated heterocycles. The molecule has 25 heavy (non-hydrogen) atoms. The van der Waals surface area contributed by atoms with Gasteiger partial charge in [0.25, 0.3) is 0 Å². The highest BCUT2D eigenvalue weighted by atomic mass is 16.2. The van der Waals surface area contributed by atoms with E-state index in [0.29, 0.717) is 31.7 Å². The number of carbonyl (C=O) groups is 2. The molecule has 2 aromatic carbocycles. The smallest absolute Gasteiger partial charge is 0.320 e. The summed E-state index contributed by atoms with van der Waals surface area (Å²) in [6, 6.07) is 17.2. The summed E-state index contributed by atoms with van der Waals surface area (Å²) in [6.45, 7) is 3.81. The number of hydrogen-bond acceptors (Lipinski definition) is 2. The lowest BCUT2D eigenvalue weighted by atomic mass is 10.2. The molecule has 0 spiro atoms. The maximum atomic E-state index is 12.7. The van der Waals surface area contributed by atoms with Crippen molar-refractivity contribution in [2.75, 3.05) is 23.3 Å². The maximum absolute atomic E-state index is 12.7. The zero-order valence-corrected chi connectivity index (χ0v) is 14.4. The van der Waals surface area contributed by atoms with Gasteiger partial charge >= 0.3 is 6.03 Å². The van der Waals surface area contributed by atoms with E-state index in [2.05, 4.69) is 5.32 Å². The van der Waals surface area contributed by atoms with Gasteiger partial charge in [0.15, 0.2) is 0 Å². The van der Waals surface area contributed by atoms with Crippen molar-refractivity contribution < 1.29 is 9.59 Å². The number of hydrogen-bond donors (Lipinski definition) is 1. The molecule has 1 heterocycles. The molecule has 5 heteroatoms. The average Bonchev–Trinajstić information content (AvgIpc) is 3.06. The minimum atomic E-state index is -0.162. The molecule has 130 valence electrons. The topological polar surface area (TPSA) is 52.7 Å². The monoisotopic (exact) mass is 337 g/mol. The van der Waals surface area contributed by atoms with Crippen molar-refractivity contribution in [1.29, 1.82) is 0 Å². The van der Waals surface area contributed by atoms with Crippen molar-refractivity contribution in [2.24, 2.45) is 0 Å². The van der Waals surface area contributed by atoms with Crippen molar-refractivity contribution in [1.82, 2.24) is 4.90 Å². The number of benzene rings is 2. The number of rotatable bonds is 5. The highest BCUT2D eigenvalue weighted by Gasteiger charge is 2.24. The minimum Gasteiger partial charge on any atom is -0.320 e. The van der Waals surface area contributed by atoms with E-state index in [4.69, 9.17) is 0 Å². The van der Waals surface area contributed by atoms with Gasteiger partial charge in [-0.25, -0.2) is 4.79 Å². The van der Waals surface area contributed by atoms with E-state index >= 15 is 0 Å². The molecule has 0 radical (unpaired) electrons. The van der Waals surface area contributed by atoms with Gasteiger partial charge in [0.2, 0.25) is 5.91 Å². The third-order valence-corrected chi connectivity index (χ3v) is 4.40. The van der Waals surface area contributed by atoms with E-state index in [0.717, 1.165) is 17.7 Å². The highest BCUT2D eigenvalue weighted by molar-refractivity contribution is 6.01. The third kappa shape index (κ3) is 3.99. The van der Waals surface area contributed by atoms with Gasteiger partial charge in [0, 0.05) is 26.1 Å². The Morgan fingerprint density at radius 1 is 1.12 bits per heavy atom. The largest absolute Gasteiger partial charge is 0.322 e. The Kier molecular flexibility index (Phi) is 5.33. The Morgan fingerprint density at radius 3 is 2.52 bits per heavy atom. The van der Waals surface area contributed by atoms with Gasteiger partial charge in [0.05, 0.1) is 11.4 Å². The van der Waals surface area contributed by atoms with Crippen molar-refractivity contribution in [3.8, 4) is 0 Å². The molecule has 1 aliphatic heterocycles. The number of nitrogens with zero attached hydrogens (tertiary/aromatic N) is 2. The van der Waals surface area contributed by atoms with Gasteiger partial charge in [-0.05, 0) is 31.0 Å². The van der Waals surface area contributed by atoms with Crippen molar-refractivity contribution in [3.63, 3.8) is 0 Å². The summed E-state index contributed by atoms with van der Waals surface area (Å²) < 4.78 is 0. The molecule has 0 saturated carbocycles. The molecular formula is C20H23N3O2. The molecule has 0 aromatic heterocycles. The SMILES string of the molecule is CCN(Cc1ccccc1)C(=O)Nc1ccccc1N1CCCC1=O. The van der Waals surface area contributed by atoms with Crippen LogP contribution in [0.2, 0.25) is 0 Å². The number of para-hydroxylation sites is 2. The van der Waals surface area contributed by atoms with E-state index in [1.54, 1.807) is 9.80 Å². The molecule has 2 aromatic rings. The van der Waals surface area contributed by atoms with Crippen LogP contribution in [0.3, 0.4) is 0 Å². The summed E-state index contributed by atoms with van der Waals surface area (Å²) in [4.78, 5) is 28.3. The maximum Gasteiger partial charge on any atom is 0.322 e. The first-order valence-electron chi connectivity index (χ1n) is 8.68. The third-order valence-electron chi connectivity index (χ3n) is 4.40. The lowest BCUT2D eigenvalue weighted by Gasteiger charge is -2.24. The van der Waals surface area contributed by atoms with Crippen LogP contribution in [0, 0.1) is 0 Å². The van der Waals surface area contributed by atoms with Crippen LogP contribution >= 0.6 is 0 Å². The number of anilines is 2. The molecule has 0 aliphatic carbocycles. The predicted molar refractivity (Wildman–Crippen MR) is 99.6 cm³/mol. The fraction of sp³-hybridized carbons (Fsp3) is 0.300. The van der Waals surface area contributed by atoms with Crippen LogP contribution in [0.25, 0.3) is 0 Å². The molecule has 1 N–H and O–H groups in total. The molecule has 0 atom stereocenters. The Balaban J connectivity index is 1.75. The van der Waals surface area contributed by atoms with Crippen LogP contribution in [0.15, 0.2) is 54.6 Å². The van der Waals surface area contributed by atoms with E-state index in [-0.39, 0.29) is 11.9 Å². The van der Waals surface area contributed by atoms with E-state index < -0.39 is 0 Å². The van der Waals surface area contributed by atoms with Gasteiger partial charge in [-0.3, -0.25) is 4.79 Å². The first kappa shape index (κ1) is 17.0. The first-order valence-corrected chi connectivity index (χ1v) is 8.68. The number of amides is 3. The first-order chi connectivity index (χ1) is 12.2. The zero-order chi connectivity index (χ0) is 17.6. The fourth-order valence-corrected chi connectivity index (χ4v) is 3.04. The van der Waals surface area contributed by atoms with Gasteiger partial charge in [-0.15, -0.1) is 0 Å². The van der Waals surface area contributed by atoms with Gasteiger partial charge < -0.3 is 15.1 Å². The van der Waals surface area contributed by atoms with Crippen LogP contribution in [0.4, 0.5) is 16.2 Å². The number of carbonyl (C=O) groups excluding carboxylic acids is 2. The Morgan fingerprint density at radius 2 is 1.84 bits per heavy atom. The molecule has 1 aliphatic rings. The van der Waals surface area contributed by atoms with Crippen LogP contribution in [0.5, 0.6) is 0 Å². The zero-order valence-electron chi connectivity index (χ0n) is 14.4. The molecule has 3 rings (SSSR count). The number of nitrogens with one attached hydrogen (secondary N) is 1. The predicted octanol–water partition coefficient (Wildman–Crippen LogP) is 3.87. The quantitative estimate of drug-likeness (QED) is 0.900. The van der Waals surface area contributed by atoms with Crippen LogP contribution in [0.1, 0.15) is 25.3 Å².